The Morgan fingerprint density at radius 1 is 1.29 bits per heavy atom. The molecule has 90 valence electrons. The summed E-state index contributed by atoms with van der Waals surface area (Å²) < 4.78 is 4.75. The van der Waals surface area contributed by atoms with Crippen molar-refractivity contribution < 1.29 is 14.3 Å². The van der Waals surface area contributed by atoms with Gasteiger partial charge in [-0.25, -0.2) is 4.79 Å². The van der Waals surface area contributed by atoms with Gasteiger partial charge in [0.1, 0.15) is 6.04 Å². The van der Waals surface area contributed by atoms with Crippen LogP contribution in [0.25, 0.3) is 0 Å². The van der Waals surface area contributed by atoms with Crippen molar-refractivity contribution in [3.05, 3.63) is 35.4 Å². The van der Waals surface area contributed by atoms with Crippen LogP contribution in [0.2, 0.25) is 0 Å². The van der Waals surface area contributed by atoms with Gasteiger partial charge in [0, 0.05) is 19.9 Å². The van der Waals surface area contributed by atoms with Gasteiger partial charge in [-0.3, -0.25) is 4.79 Å². The van der Waals surface area contributed by atoms with Crippen molar-refractivity contribution in [2.75, 3.05) is 7.11 Å². The Hall–Kier alpha value is -1.84. The van der Waals surface area contributed by atoms with Crippen LogP contribution in [-0.2, 0) is 27.3 Å². The number of fused-ring (bicyclic) bond motifs is 1. The molecule has 1 aromatic carbocycles. The molecule has 1 aromatic rings. The maximum absolute atomic E-state index is 11.7. The molecule has 1 amide bonds. The summed E-state index contributed by atoms with van der Waals surface area (Å²) >= 11 is 0. The zero-order chi connectivity index (χ0) is 12.4. The van der Waals surface area contributed by atoms with Crippen molar-refractivity contribution >= 4 is 11.9 Å². The lowest BCUT2D eigenvalue weighted by molar-refractivity contribution is -0.153. The van der Waals surface area contributed by atoms with E-state index in [1.165, 1.54) is 14.0 Å². The normalized spacial score (nSPS) is 18.5. The number of benzene rings is 1. The number of carbonyl (C=O) groups is 2. The lowest BCUT2D eigenvalue weighted by Crippen LogP contribution is -2.48. The zero-order valence-electron chi connectivity index (χ0n) is 9.97. The maximum Gasteiger partial charge on any atom is 0.328 e. The number of rotatable bonds is 1. The molecule has 0 saturated heterocycles. The summed E-state index contributed by atoms with van der Waals surface area (Å²) in [5.74, 6) is -0.454. The van der Waals surface area contributed by atoms with Gasteiger partial charge in [-0.05, 0) is 11.1 Å². The van der Waals surface area contributed by atoms with Gasteiger partial charge in [-0.1, -0.05) is 24.3 Å². The standard InChI is InChI=1S/C13H15NO3/c1-9(15)14-8-11-6-4-3-5-10(11)7-12(14)13(16)17-2/h3-6,12H,7-8H2,1-2H3/t12-/m1/s1. The fraction of sp³-hybridized carbons (Fsp3) is 0.385. The number of amides is 1. The molecule has 0 saturated carbocycles. The van der Waals surface area contributed by atoms with E-state index in [4.69, 9.17) is 4.74 Å². The Bertz CT molecular complexity index is 456. The minimum atomic E-state index is -0.493. The van der Waals surface area contributed by atoms with Gasteiger partial charge in [0.15, 0.2) is 0 Å². The van der Waals surface area contributed by atoms with Crippen molar-refractivity contribution in [1.29, 1.82) is 0 Å². The molecular formula is C13H15NO3. The van der Waals surface area contributed by atoms with E-state index in [1.807, 2.05) is 24.3 Å². The maximum atomic E-state index is 11.7. The Labute approximate surface area is 100 Å². The van der Waals surface area contributed by atoms with E-state index in [1.54, 1.807) is 4.90 Å². The number of esters is 1. The van der Waals surface area contributed by atoms with E-state index in [2.05, 4.69) is 0 Å². The predicted octanol–water partition coefficient (Wildman–Crippen LogP) is 1.13. The number of hydrogen-bond donors (Lipinski definition) is 0. The fourth-order valence-corrected chi connectivity index (χ4v) is 2.20. The van der Waals surface area contributed by atoms with Crippen molar-refractivity contribution in [3.63, 3.8) is 0 Å². The molecule has 4 heteroatoms. The average molecular weight is 233 g/mol. The summed E-state index contributed by atoms with van der Waals surface area (Å²) in [5, 5.41) is 0. The SMILES string of the molecule is COC(=O)[C@H]1Cc2ccccc2CN1C(C)=O. The van der Waals surface area contributed by atoms with E-state index in [9.17, 15) is 9.59 Å². The Morgan fingerprint density at radius 3 is 2.53 bits per heavy atom. The summed E-state index contributed by atoms with van der Waals surface area (Å²) in [7, 11) is 1.35. The first-order valence-corrected chi connectivity index (χ1v) is 5.55. The summed E-state index contributed by atoms with van der Waals surface area (Å²) in [5.41, 5.74) is 2.21. The number of methoxy groups -OCH3 is 1. The minimum Gasteiger partial charge on any atom is -0.467 e. The van der Waals surface area contributed by atoms with Gasteiger partial charge in [-0.15, -0.1) is 0 Å². The highest BCUT2D eigenvalue weighted by atomic mass is 16.5. The average Bonchev–Trinajstić information content (AvgIpc) is 2.36. The first-order valence-electron chi connectivity index (χ1n) is 5.55. The third-order valence-corrected chi connectivity index (χ3v) is 3.13. The molecule has 0 aromatic heterocycles. The van der Waals surface area contributed by atoms with Gasteiger partial charge in [0.05, 0.1) is 7.11 Å². The molecule has 1 aliphatic heterocycles. The minimum absolute atomic E-state index is 0.102. The Morgan fingerprint density at radius 2 is 1.94 bits per heavy atom. The summed E-state index contributed by atoms with van der Waals surface area (Å²) in [4.78, 5) is 24.8. The third-order valence-electron chi connectivity index (χ3n) is 3.13. The number of nitrogens with zero attached hydrogens (tertiary/aromatic N) is 1. The lowest BCUT2D eigenvalue weighted by Gasteiger charge is -2.34. The summed E-state index contributed by atoms with van der Waals surface area (Å²) in [6.45, 7) is 1.95. The van der Waals surface area contributed by atoms with Crippen LogP contribution in [-0.4, -0.2) is 29.9 Å². The van der Waals surface area contributed by atoms with Crippen molar-refractivity contribution in [2.45, 2.75) is 25.9 Å². The first kappa shape index (κ1) is 11.6. The van der Waals surface area contributed by atoms with E-state index in [-0.39, 0.29) is 11.9 Å². The highest BCUT2D eigenvalue weighted by Crippen LogP contribution is 2.23. The fourth-order valence-electron chi connectivity index (χ4n) is 2.20. The van der Waals surface area contributed by atoms with Gasteiger partial charge in [0.2, 0.25) is 5.91 Å². The quantitative estimate of drug-likeness (QED) is 0.683. The highest BCUT2D eigenvalue weighted by molar-refractivity contribution is 5.84. The van der Waals surface area contributed by atoms with Crippen LogP contribution in [0.4, 0.5) is 0 Å². The van der Waals surface area contributed by atoms with Crippen molar-refractivity contribution in [2.24, 2.45) is 0 Å². The predicted molar refractivity (Wildman–Crippen MR) is 62.2 cm³/mol. The molecule has 0 bridgehead atoms. The number of ether oxygens (including phenoxy) is 1. The van der Waals surface area contributed by atoms with Crippen LogP contribution >= 0.6 is 0 Å². The molecule has 1 aliphatic rings. The zero-order valence-corrected chi connectivity index (χ0v) is 9.97. The largest absolute Gasteiger partial charge is 0.467 e. The monoisotopic (exact) mass is 233 g/mol. The van der Waals surface area contributed by atoms with E-state index < -0.39 is 6.04 Å². The second kappa shape index (κ2) is 4.57. The Kier molecular flexibility index (Phi) is 3.13. The van der Waals surface area contributed by atoms with E-state index in [0.717, 1.165) is 11.1 Å². The molecule has 4 nitrogen and oxygen atoms in total. The van der Waals surface area contributed by atoms with Crippen LogP contribution in [0, 0.1) is 0 Å². The molecule has 0 aliphatic carbocycles. The first-order chi connectivity index (χ1) is 8.13. The van der Waals surface area contributed by atoms with Gasteiger partial charge in [-0.2, -0.15) is 0 Å². The summed E-state index contributed by atoms with van der Waals surface area (Å²) in [6, 6.07) is 7.36. The van der Waals surface area contributed by atoms with Crippen LogP contribution in [0.3, 0.4) is 0 Å². The molecule has 17 heavy (non-hydrogen) atoms. The van der Waals surface area contributed by atoms with Crippen molar-refractivity contribution in [1.82, 2.24) is 4.90 Å². The molecule has 0 spiro atoms. The van der Waals surface area contributed by atoms with Gasteiger partial charge >= 0.3 is 5.97 Å². The van der Waals surface area contributed by atoms with E-state index in [0.29, 0.717) is 13.0 Å². The van der Waals surface area contributed by atoms with Crippen LogP contribution in [0.5, 0.6) is 0 Å². The molecular weight excluding hydrogens is 218 g/mol. The molecule has 0 radical (unpaired) electrons. The topological polar surface area (TPSA) is 46.6 Å². The molecule has 0 unspecified atom stereocenters. The molecule has 2 rings (SSSR count). The van der Waals surface area contributed by atoms with Crippen LogP contribution < -0.4 is 0 Å². The number of hydrogen-bond acceptors (Lipinski definition) is 3. The van der Waals surface area contributed by atoms with Crippen LogP contribution in [0.15, 0.2) is 24.3 Å². The van der Waals surface area contributed by atoms with Gasteiger partial charge < -0.3 is 9.64 Å². The molecule has 1 atom stereocenters. The second-order valence-electron chi connectivity index (χ2n) is 4.16. The second-order valence-corrected chi connectivity index (χ2v) is 4.16. The third kappa shape index (κ3) is 2.16. The van der Waals surface area contributed by atoms with Crippen molar-refractivity contribution in [3.8, 4) is 0 Å². The molecule has 0 N–H and O–H groups in total. The molecule has 0 fully saturated rings. The highest BCUT2D eigenvalue weighted by Gasteiger charge is 2.33. The lowest BCUT2D eigenvalue weighted by atomic mass is 9.94. The molecule has 1 heterocycles. The van der Waals surface area contributed by atoms with Gasteiger partial charge in [0.25, 0.3) is 0 Å². The summed E-state index contributed by atoms with van der Waals surface area (Å²) in [6.07, 6.45) is 0.530. The van der Waals surface area contributed by atoms with Crippen LogP contribution in [0.1, 0.15) is 18.1 Å². The Balaban J connectivity index is 2.34. The number of carbonyl (C=O) groups excluding carboxylic acids is 2. The smallest absolute Gasteiger partial charge is 0.328 e. The van der Waals surface area contributed by atoms with E-state index >= 15 is 0 Å².